The third-order valence-corrected chi connectivity index (χ3v) is 6.29. The van der Waals surface area contributed by atoms with Gasteiger partial charge in [-0.3, -0.25) is 14.0 Å². The molecule has 36 heavy (non-hydrogen) atoms. The number of carbonyl (C=O) groups is 2. The van der Waals surface area contributed by atoms with Gasteiger partial charge in [0, 0.05) is 24.0 Å². The highest BCUT2D eigenvalue weighted by molar-refractivity contribution is 6.02. The fourth-order valence-electron chi connectivity index (χ4n) is 4.43. The molecule has 0 spiro atoms. The topological polar surface area (TPSA) is 87.3 Å². The quantitative estimate of drug-likeness (QED) is 0.369. The van der Waals surface area contributed by atoms with Crippen LogP contribution in [0.5, 0.6) is 0 Å². The van der Waals surface area contributed by atoms with Crippen LogP contribution in [0, 0.1) is 17.2 Å². The van der Waals surface area contributed by atoms with Gasteiger partial charge in [0.05, 0.1) is 12.2 Å². The summed E-state index contributed by atoms with van der Waals surface area (Å²) in [5.74, 6) is -4.38. The number of nitrogens with zero attached hydrogens (tertiary/aromatic N) is 3. The predicted molar refractivity (Wildman–Crippen MR) is 119 cm³/mol. The molecule has 1 aromatic carbocycles. The molecule has 0 aliphatic heterocycles. The molecule has 1 N–H and O–H groups in total. The summed E-state index contributed by atoms with van der Waals surface area (Å²) in [5.41, 5.74) is -1.80. The van der Waals surface area contributed by atoms with Gasteiger partial charge < -0.3 is 5.32 Å². The van der Waals surface area contributed by atoms with Crippen molar-refractivity contribution < 1.29 is 31.5 Å². The fraction of sp³-hybridized carbons (Fsp3) is 0.360. The van der Waals surface area contributed by atoms with Crippen molar-refractivity contribution in [3.8, 4) is 6.07 Å². The number of hydrogen-bond acceptors (Lipinski definition) is 4. The van der Waals surface area contributed by atoms with E-state index in [1.807, 2.05) is 0 Å². The number of amides is 1. The van der Waals surface area contributed by atoms with E-state index in [9.17, 15) is 36.8 Å². The Bertz CT molecular complexity index is 1330. The number of alkyl halides is 5. The second-order valence-corrected chi connectivity index (χ2v) is 8.81. The largest absolute Gasteiger partial charge is 0.435 e. The summed E-state index contributed by atoms with van der Waals surface area (Å²) >= 11 is 0. The molecule has 0 saturated heterocycles. The lowest BCUT2D eigenvalue weighted by molar-refractivity contribution is -0.141. The number of rotatable bonds is 6. The standard InChI is InChI=1S/C25H21F5N4O2/c26-24(27)8-6-15(7-9-24)10-19-22(25(28,29)30)33-21-12-17(11-18(13-31)34(19)21)23(36)32-14-20(35)16-4-2-1-3-5-16/h1-5,11-12,15H,6-10,14H2,(H,32,36). The van der Waals surface area contributed by atoms with Gasteiger partial charge in [-0.2, -0.15) is 18.4 Å². The second kappa shape index (κ2) is 9.68. The summed E-state index contributed by atoms with van der Waals surface area (Å²) < 4.78 is 69.6. The lowest BCUT2D eigenvalue weighted by Crippen LogP contribution is -2.29. The van der Waals surface area contributed by atoms with E-state index in [1.54, 1.807) is 36.4 Å². The van der Waals surface area contributed by atoms with Crippen LogP contribution in [-0.2, 0) is 12.6 Å². The summed E-state index contributed by atoms with van der Waals surface area (Å²) in [7, 11) is 0. The highest BCUT2D eigenvalue weighted by Crippen LogP contribution is 2.40. The van der Waals surface area contributed by atoms with Crippen LogP contribution in [0.15, 0.2) is 42.5 Å². The molecular formula is C25H21F5N4O2. The minimum Gasteiger partial charge on any atom is -0.345 e. The maximum Gasteiger partial charge on any atom is 0.435 e. The number of imidazole rings is 1. The van der Waals surface area contributed by atoms with E-state index < -0.39 is 42.5 Å². The lowest BCUT2D eigenvalue weighted by Gasteiger charge is -2.28. The molecule has 1 saturated carbocycles. The average molecular weight is 504 g/mol. The van der Waals surface area contributed by atoms with E-state index in [1.165, 1.54) is 0 Å². The van der Waals surface area contributed by atoms with E-state index >= 15 is 0 Å². The van der Waals surface area contributed by atoms with E-state index in [0.29, 0.717) is 5.56 Å². The van der Waals surface area contributed by atoms with Crippen LogP contribution in [0.4, 0.5) is 22.0 Å². The van der Waals surface area contributed by atoms with Crippen LogP contribution in [0.1, 0.15) is 63.5 Å². The van der Waals surface area contributed by atoms with Gasteiger partial charge in [-0.25, -0.2) is 13.8 Å². The van der Waals surface area contributed by atoms with Crippen molar-refractivity contribution in [2.24, 2.45) is 5.92 Å². The van der Waals surface area contributed by atoms with Gasteiger partial charge in [0.15, 0.2) is 11.5 Å². The molecule has 4 rings (SSSR count). The molecule has 6 nitrogen and oxygen atoms in total. The Morgan fingerprint density at radius 1 is 1.11 bits per heavy atom. The third kappa shape index (κ3) is 5.37. The highest BCUT2D eigenvalue weighted by atomic mass is 19.4. The predicted octanol–water partition coefficient (Wildman–Crippen LogP) is 5.21. The molecule has 1 fully saturated rings. The van der Waals surface area contributed by atoms with E-state index in [-0.39, 0.29) is 54.2 Å². The van der Waals surface area contributed by atoms with Crippen LogP contribution >= 0.6 is 0 Å². The molecule has 2 aromatic heterocycles. The summed E-state index contributed by atoms with van der Waals surface area (Å²) in [5, 5.41) is 12.1. The molecule has 0 unspecified atom stereocenters. The Balaban J connectivity index is 1.64. The Hall–Kier alpha value is -3.81. The van der Waals surface area contributed by atoms with Crippen molar-refractivity contribution >= 4 is 17.3 Å². The smallest absolute Gasteiger partial charge is 0.345 e. The third-order valence-electron chi connectivity index (χ3n) is 6.29. The lowest BCUT2D eigenvalue weighted by atomic mass is 9.83. The number of fused-ring (bicyclic) bond motifs is 1. The van der Waals surface area contributed by atoms with Crippen LogP contribution in [0.3, 0.4) is 0 Å². The van der Waals surface area contributed by atoms with Gasteiger partial charge in [-0.05, 0) is 37.3 Å². The first-order chi connectivity index (χ1) is 17.0. The van der Waals surface area contributed by atoms with Crippen molar-refractivity contribution in [1.82, 2.24) is 14.7 Å². The van der Waals surface area contributed by atoms with Gasteiger partial charge >= 0.3 is 6.18 Å². The molecule has 188 valence electrons. The number of halogens is 5. The fourth-order valence-corrected chi connectivity index (χ4v) is 4.43. The molecule has 0 atom stereocenters. The highest BCUT2D eigenvalue weighted by Gasteiger charge is 2.41. The van der Waals surface area contributed by atoms with Gasteiger partial charge in [-0.15, -0.1) is 0 Å². The first-order valence-electron chi connectivity index (χ1n) is 11.3. The van der Waals surface area contributed by atoms with Gasteiger partial charge in [0.2, 0.25) is 5.92 Å². The molecule has 1 amide bonds. The van der Waals surface area contributed by atoms with E-state index in [0.717, 1.165) is 16.5 Å². The van der Waals surface area contributed by atoms with Crippen molar-refractivity contribution in [2.75, 3.05) is 6.54 Å². The zero-order valence-corrected chi connectivity index (χ0v) is 18.9. The Morgan fingerprint density at radius 2 is 1.78 bits per heavy atom. The van der Waals surface area contributed by atoms with Crippen molar-refractivity contribution in [2.45, 2.75) is 44.2 Å². The van der Waals surface area contributed by atoms with Crippen molar-refractivity contribution in [1.29, 1.82) is 5.26 Å². The number of Topliss-reactive ketones (excluding diaryl/α,β-unsaturated/α-hetero) is 1. The minimum atomic E-state index is -4.85. The van der Waals surface area contributed by atoms with Gasteiger partial charge in [0.25, 0.3) is 5.91 Å². The van der Waals surface area contributed by atoms with Gasteiger partial charge in [-0.1, -0.05) is 30.3 Å². The number of aromatic nitrogens is 2. The number of nitrogens with one attached hydrogen (secondary N) is 1. The summed E-state index contributed by atoms with van der Waals surface area (Å²) in [4.78, 5) is 28.6. The SMILES string of the molecule is N#Cc1cc(C(=O)NCC(=O)c2ccccc2)cc2nc(C(F)(F)F)c(CC3CCC(F)(F)CC3)n12. The first-order valence-corrected chi connectivity index (χ1v) is 11.3. The molecule has 11 heteroatoms. The van der Waals surface area contributed by atoms with Crippen molar-refractivity contribution in [3.63, 3.8) is 0 Å². The number of benzene rings is 1. The number of hydrogen-bond donors (Lipinski definition) is 1. The zero-order valence-electron chi connectivity index (χ0n) is 18.9. The average Bonchev–Trinajstić information content (AvgIpc) is 3.22. The summed E-state index contributed by atoms with van der Waals surface area (Å²) in [6.45, 7) is -0.351. The number of carbonyl (C=O) groups excluding carboxylic acids is 2. The molecule has 0 radical (unpaired) electrons. The molecule has 0 bridgehead atoms. The van der Waals surface area contributed by atoms with Crippen LogP contribution in [-0.4, -0.2) is 33.5 Å². The van der Waals surface area contributed by atoms with Gasteiger partial charge in [0.1, 0.15) is 17.4 Å². The van der Waals surface area contributed by atoms with Crippen molar-refractivity contribution in [3.05, 3.63) is 70.7 Å². The maximum atomic E-state index is 13.8. The Morgan fingerprint density at radius 3 is 2.39 bits per heavy atom. The monoisotopic (exact) mass is 504 g/mol. The number of ketones is 1. The van der Waals surface area contributed by atoms with E-state index in [2.05, 4.69) is 10.3 Å². The number of pyridine rings is 1. The van der Waals surface area contributed by atoms with Crippen LogP contribution in [0.25, 0.3) is 5.65 Å². The molecule has 1 aliphatic carbocycles. The van der Waals surface area contributed by atoms with Crippen LogP contribution < -0.4 is 5.32 Å². The zero-order chi connectivity index (χ0) is 26.1. The Kier molecular flexibility index (Phi) is 6.80. The molecule has 1 aliphatic rings. The maximum absolute atomic E-state index is 13.8. The summed E-state index contributed by atoms with van der Waals surface area (Å²) in [6, 6.07) is 12.2. The molecule has 2 heterocycles. The van der Waals surface area contributed by atoms with E-state index in [4.69, 9.17) is 0 Å². The number of nitriles is 1. The molecular weight excluding hydrogens is 483 g/mol. The van der Waals surface area contributed by atoms with Crippen LogP contribution in [0.2, 0.25) is 0 Å². The first kappa shape index (κ1) is 25.3. The summed E-state index contributed by atoms with van der Waals surface area (Å²) in [6.07, 6.45) is -5.75. The Labute approximate surface area is 202 Å². The molecule has 3 aromatic rings. The second-order valence-electron chi connectivity index (χ2n) is 8.81. The minimum absolute atomic E-state index is 0.0509. The normalized spacial score (nSPS) is 16.0.